The third kappa shape index (κ3) is 0.319. The Hall–Kier alpha value is -1.20. The van der Waals surface area contributed by atoms with Crippen molar-refractivity contribution in [3.8, 4) is 0 Å². The van der Waals surface area contributed by atoms with Crippen LogP contribution in [-0.2, 0) is 35.2 Å². The molecule has 31 heavy (non-hydrogen) atoms. The number of Topliss-reactive ketones (excluding diaryl/α,β-unsaturated/α-hetero) is 2. The molecule has 10 fully saturated rings. The van der Waals surface area contributed by atoms with E-state index < -0.39 is 6.51 Å². The zero-order valence-corrected chi connectivity index (χ0v) is 19.2. The Morgan fingerprint density at radius 1 is 0.645 bits per heavy atom. The number of ketones is 2. The number of hydrogen-bond donors (Lipinski definition) is 0. The van der Waals surface area contributed by atoms with Crippen molar-refractivity contribution in [2.24, 2.45) is 0 Å². The minimum absolute atomic E-state index is 0.0138. The summed E-state index contributed by atoms with van der Waals surface area (Å²) in [5.74, 6) is 0.548. The summed E-state index contributed by atoms with van der Waals surface area (Å²) in [6.07, 6.45) is 2.91. The van der Waals surface area contributed by atoms with Gasteiger partial charge in [-0.2, -0.15) is 0 Å². The third-order valence-electron chi connectivity index (χ3n) is 17.8. The van der Waals surface area contributed by atoms with Gasteiger partial charge in [-0.15, -0.1) is 0 Å². The fourth-order valence-electron chi connectivity index (χ4n) is 19.7. The second-order valence-corrected chi connectivity index (χ2v) is 37.1. The van der Waals surface area contributed by atoms with Gasteiger partial charge in [0, 0.05) is 0 Å². The van der Waals surface area contributed by atoms with E-state index in [1.807, 2.05) is 0 Å². The van der Waals surface area contributed by atoms with Crippen LogP contribution in [0.3, 0.4) is 0 Å². The molecule has 0 N–H and O–H groups in total. The average Bonchev–Trinajstić information content (AvgIpc) is 3.67. The predicted molar refractivity (Wildman–Crippen MR) is 106 cm³/mol. The molecule has 0 radical (unpaired) electrons. The summed E-state index contributed by atoms with van der Waals surface area (Å²) in [5, 5.41) is 0. The topological polar surface area (TPSA) is 86.7 Å². The van der Waals surface area contributed by atoms with Crippen molar-refractivity contribution in [3.63, 3.8) is 0 Å². The van der Waals surface area contributed by atoms with Crippen molar-refractivity contribution < 1.29 is 35.2 Å². The van der Waals surface area contributed by atoms with Gasteiger partial charge in [0.1, 0.15) is 0 Å². The molecule has 0 amide bonds. The summed E-state index contributed by atoms with van der Waals surface area (Å²) in [7, 11) is 0. The number of esters is 2. The Bertz CT molecular complexity index is 1340. The zero-order chi connectivity index (χ0) is 21.3. The molecule has 10 heterocycles. The molecule has 1 spiro atoms. The van der Waals surface area contributed by atoms with E-state index in [2.05, 4.69) is 0 Å². The van der Waals surface area contributed by atoms with E-state index in [9.17, 15) is 19.2 Å². The molecule has 8 atom stereocenters. The van der Waals surface area contributed by atoms with Gasteiger partial charge in [-0.05, 0) is 0 Å². The van der Waals surface area contributed by atoms with Gasteiger partial charge < -0.3 is 0 Å². The first-order valence-electron chi connectivity index (χ1n) is 12.3. The summed E-state index contributed by atoms with van der Waals surface area (Å²) in [6, 6.07) is 0. The van der Waals surface area contributed by atoms with E-state index >= 15 is 0 Å². The maximum absolute atomic E-state index is 13.8. The molecule has 0 saturated carbocycles. The fourth-order valence-corrected chi connectivity index (χ4v) is 95.8. The van der Waals surface area contributed by atoms with E-state index in [1.54, 1.807) is 13.8 Å². The van der Waals surface area contributed by atoms with Gasteiger partial charge in [-0.25, -0.2) is 0 Å². The van der Waals surface area contributed by atoms with E-state index in [0.29, 0.717) is 82.6 Å². The first-order valence-corrected chi connectivity index (χ1v) is 18.5. The number of carbonyl (C=O) groups is 4. The fraction of sp³-hybridized carbons (Fsp3) is 0.833. The Kier molecular flexibility index (Phi) is 1.14. The van der Waals surface area contributed by atoms with Crippen molar-refractivity contribution in [3.05, 3.63) is 0 Å². The number of hydrogen-bond acceptors (Lipinski definition) is 6. The van der Waals surface area contributed by atoms with Crippen LogP contribution in [0.4, 0.5) is 0 Å². The molecule has 10 rings (SSSR count). The van der Waals surface area contributed by atoms with Crippen molar-refractivity contribution >= 4 is 23.5 Å². The summed E-state index contributed by atoms with van der Waals surface area (Å²) >= 11 is 0. The molecule has 6 nitrogen and oxygen atoms in total. The monoisotopic (exact) mass is 470 g/mol. The molecule has 8 unspecified atom stereocenters. The second-order valence-electron chi connectivity index (χ2n) is 13.9. The summed E-state index contributed by atoms with van der Waals surface area (Å²) in [4.78, 5) is 57.3. The van der Waals surface area contributed by atoms with Gasteiger partial charge in [-0.3, -0.25) is 0 Å². The van der Waals surface area contributed by atoms with Crippen LogP contribution in [-0.4, -0.2) is 36.7 Å². The van der Waals surface area contributed by atoms with E-state index in [1.165, 1.54) is 0 Å². The van der Waals surface area contributed by atoms with Gasteiger partial charge in [0.2, 0.25) is 0 Å². The van der Waals surface area contributed by atoms with Gasteiger partial charge in [0.15, 0.2) is 0 Å². The SMILES string of the molecule is CCOC(=O)CCCC(=O)[C]12[CH]3[CH]4[CH]5[CH]1[Fe]45321678[CH]2[CH]1[CH]6[C]7(C(=O)CCCC(=O)OCC)[CH]28. The molecule has 0 aromatic rings. The van der Waals surface area contributed by atoms with E-state index in [0.717, 1.165) is 19.3 Å². The number of ether oxygens (including phenoxy) is 2. The molecule has 10 aliphatic rings. The van der Waals surface area contributed by atoms with Crippen LogP contribution in [0.25, 0.3) is 0 Å². The average molecular weight is 470 g/mol. The maximum atomic E-state index is 13.8. The van der Waals surface area contributed by atoms with Crippen LogP contribution >= 0.6 is 0 Å². The molecular weight excluding hydrogens is 440 g/mol. The summed E-state index contributed by atoms with van der Waals surface area (Å²) < 4.78 is 10.1. The Balaban J connectivity index is 0.970. The van der Waals surface area contributed by atoms with Gasteiger partial charge in [0.05, 0.1) is 0 Å². The predicted octanol–water partition coefficient (Wildman–Crippen LogP) is 4.72. The molecule has 170 valence electrons. The van der Waals surface area contributed by atoms with E-state index in [-0.39, 0.29) is 20.6 Å². The zero-order valence-electron chi connectivity index (χ0n) is 18.1. The number of rotatable bonds is 12. The Morgan fingerprint density at radius 3 is 1.29 bits per heavy atom. The normalized spacial score (nSPS) is 72.5. The van der Waals surface area contributed by atoms with Crippen molar-refractivity contribution in [2.75, 3.05) is 13.2 Å². The van der Waals surface area contributed by atoms with Crippen molar-refractivity contribution in [1.82, 2.24) is 0 Å². The van der Waals surface area contributed by atoms with Gasteiger partial charge in [0.25, 0.3) is 0 Å². The van der Waals surface area contributed by atoms with Crippen LogP contribution in [0.2, 0.25) is 47.2 Å². The van der Waals surface area contributed by atoms with Crippen molar-refractivity contribution in [2.45, 2.75) is 99.5 Å². The molecule has 0 aliphatic carbocycles. The van der Waals surface area contributed by atoms with Crippen LogP contribution in [0.1, 0.15) is 52.4 Å². The molecule has 7 heteroatoms. The summed E-state index contributed by atoms with van der Waals surface area (Å²) in [6.45, 7) is 0.264. The quantitative estimate of drug-likeness (QED) is 0.303. The molecular formula is C24H30FeO6. The molecule has 10 saturated heterocycles. The standard InChI is InChI=1S/2C12H15O3.Fe/c2*1-2-15-12(14)9-5-8-11(13)10-6-3-4-7-10;/h2*3-4,6-7H,2,5,8-9H2,1H3;. The number of carbonyl (C=O) groups excluding carboxylic acids is 4. The van der Waals surface area contributed by atoms with Gasteiger partial charge in [-0.1, -0.05) is 0 Å². The minimum atomic E-state index is -4.12. The van der Waals surface area contributed by atoms with Crippen LogP contribution in [0, 0.1) is 0 Å². The molecule has 10 aliphatic heterocycles. The summed E-state index contributed by atoms with van der Waals surface area (Å²) in [5.41, 5.74) is 0. The molecule has 0 aromatic heterocycles. The Morgan fingerprint density at radius 2 is 1.00 bits per heavy atom. The van der Waals surface area contributed by atoms with Crippen LogP contribution in [0.15, 0.2) is 0 Å². The third-order valence-corrected chi connectivity index (χ3v) is 60.6. The molecule has 0 bridgehead atoms. The van der Waals surface area contributed by atoms with Crippen LogP contribution < -0.4 is 0 Å². The first-order chi connectivity index (χ1) is 14.7. The van der Waals surface area contributed by atoms with Gasteiger partial charge >= 0.3 is 171 Å². The van der Waals surface area contributed by atoms with Crippen molar-refractivity contribution in [1.29, 1.82) is 0 Å². The van der Waals surface area contributed by atoms with E-state index in [4.69, 9.17) is 9.47 Å². The second kappa shape index (κ2) is 2.15. The van der Waals surface area contributed by atoms with Crippen LogP contribution in [0.5, 0.6) is 0 Å². The molecule has 0 aromatic carbocycles. The first kappa shape index (κ1) is 16.4. The number of fused-ring (bicyclic) bond motifs is 10. The Labute approximate surface area is 171 Å².